The van der Waals surface area contributed by atoms with Gasteiger partial charge in [-0.15, -0.1) is 0 Å². The largest absolute Gasteiger partial charge is 0.522 e. The van der Waals surface area contributed by atoms with Crippen LogP contribution in [-0.4, -0.2) is 23.0 Å². The number of benzene rings is 3. The van der Waals surface area contributed by atoms with Crippen LogP contribution < -0.4 is 10.1 Å². The quantitative estimate of drug-likeness (QED) is 0.237. The Kier molecular flexibility index (Phi) is 8.21. The fourth-order valence-corrected chi connectivity index (χ4v) is 3.18. The van der Waals surface area contributed by atoms with Crippen molar-refractivity contribution in [2.45, 2.75) is 19.0 Å². The second-order valence-electron chi connectivity index (χ2n) is 7.09. The number of hydrogen-bond donors (Lipinski definition) is 1. The lowest BCUT2D eigenvalue weighted by molar-refractivity contribution is -0.0510. The normalized spacial score (nSPS) is 12.2. The molecule has 0 saturated carbocycles. The van der Waals surface area contributed by atoms with Crippen molar-refractivity contribution in [3.63, 3.8) is 0 Å². The van der Waals surface area contributed by atoms with E-state index in [4.69, 9.17) is 34.3 Å². The standard InChI is InChI=1S/C23H19ClN2O.CHF3O3S/c1-2-26-15-14-22(21-13-8-17(24)16-23(21)26)25-18-9-11-20(12-10-18)27-19-6-4-3-5-7-19;2-1(3,4)8(5,6)7/h3-16H,2H2,1H3;(H,5,6,7). The Labute approximate surface area is 204 Å². The molecule has 0 fully saturated rings. The summed E-state index contributed by atoms with van der Waals surface area (Å²) in [5.74, 6) is 1.60. The van der Waals surface area contributed by atoms with Crippen LogP contribution in [0.25, 0.3) is 10.9 Å². The van der Waals surface area contributed by atoms with Crippen molar-refractivity contribution in [1.29, 1.82) is 0 Å². The Bertz CT molecular complexity index is 1470. The molecule has 0 aliphatic heterocycles. The summed E-state index contributed by atoms with van der Waals surface area (Å²) in [5.41, 5.74) is -3.58. The number of halogens is 4. The van der Waals surface area contributed by atoms with Crippen LogP contribution >= 0.6 is 11.6 Å². The zero-order valence-corrected chi connectivity index (χ0v) is 19.8. The molecule has 4 rings (SSSR count). The molecule has 0 aliphatic rings. The number of aryl methyl sites for hydroxylation is 1. The molecule has 0 aliphatic carbocycles. The van der Waals surface area contributed by atoms with Crippen LogP contribution in [-0.2, 0) is 16.7 Å². The van der Waals surface area contributed by atoms with E-state index in [-0.39, 0.29) is 0 Å². The van der Waals surface area contributed by atoms with Gasteiger partial charge in [-0.1, -0.05) is 29.8 Å². The summed E-state index contributed by atoms with van der Waals surface area (Å²) < 4.78 is 65.5. The Morgan fingerprint density at radius 3 is 2.14 bits per heavy atom. The SMILES string of the molecule is CCn1ccc(=Nc2ccc(Oc3ccccc3)cc2)c2ccc(Cl)cc21.O=S(=O)(O)C(F)(F)F. The zero-order chi connectivity index (χ0) is 25.6. The van der Waals surface area contributed by atoms with E-state index in [9.17, 15) is 13.2 Å². The van der Waals surface area contributed by atoms with E-state index < -0.39 is 15.6 Å². The van der Waals surface area contributed by atoms with Crippen LogP contribution in [0.3, 0.4) is 0 Å². The highest BCUT2D eigenvalue weighted by Crippen LogP contribution is 2.24. The van der Waals surface area contributed by atoms with Gasteiger partial charge in [0.2, 0.25) is 0 Å². The Morgan fingerprint density at radius 1 is 0.971 bits per heavy atom. The van der Waals surface area contributed by atoms with E-state index in [1.54, 1.807) is 0 Å². The average Bonchev–Trinajstić information content (AvgIpc) is 2.80. The molecule has 1 aromatic heterocycles. The number of nitrogens with zero attached hydrogens (tertiary/aromatic N) is 2. The topological polar surface area (TPSA) is 80.9 Å². The number of aromatic nitrogens is 1. The van der Waals surface area contributed by atoms with Gasteiger partial charge in [0.25, 0.3) is 0 Å². The molecule has 0 bridgehead atoms. The zero-order valence-electron chi connectivity index (χ0n) is 18.3. The highest BCUT2D eigenvalue weighted by atomic mass is 35.5. The average molecular weight is 525 g/mol. The van der Waals surface area contributed by atoms with Crippen molar-refractivity contribution >= 4 is 38.3 Å². The summed E-state index contributed by atoms with van der Waals surface area (Å²) in [7, 11) is -5.84. The van der Waals surface area contributed by atoms with Gasteiger partial charge in [0, 0.05) is 23.2 Å². The molecule has 0 saturated heterocycles. The van der Waals surface area contributed by atoms with Crippen LogP contribution in [0.4, 0.5) is 18.9 Å². The number of alkyl halides is 3. The van der Waals surface area contributed by atoms with E-state index in [2.05, 4.69) is 11.5 Å². The van der Waals surface area contributed by atoms with Crippen molar-refractivity contribution in [2.75, 3.05) is 0 Å². The number of hydrogen-bond acceptors (Lipinski definition) is 4. The van der Waals surface area contributed by atoms with Gasteiger partial charge in [0.1, 0.15) is 11.5 Å². The second kappa shape index (κ2) is 10.9. The molecule has 184 valence electrons. The number of para-hydroxylation sites is 1. The minimum atomic E-state index is -5.84. The molecular formula is C24H20ClF3N2O4S. The maximum Gasteiger partial charge on any atom is 0.522 e. The summed E-state index contributed by atoms with van der Waals surface area (Å²) in [6, 6.07) is 25.5. The maximum atomic E-state index is 10.7. The van der Waals surface area contributed by atoms with Gasteiger partial charge in [0.05, 0.1) is 16.6 Å². The number of pyridine rings is 1. The molecule has 35 heavy (non-hydrogen) atoms. The molecular weight excluding hydrogens is 505 g/mol. The second-order valence-corrected chi connectivity index (χ2v) is 8.94. The molecule has 0 spiro atoms. The highest BCUT2D eigenvalue weighted by molar-refractivity contribution is 7.86. The Hall–Kier alpha value is -3.34. The summed E-state index contributed by atoms with van der Waals surface area (Å²) >= 11 is 6.19. The molecule has 1 heterocycles. The van der Waals surface area contributed by atoms with Crippen molar-refractivity contribution in [3.05, 3.63) is 95.4 Å². The van der Waals surface area contributed by atoms with Crippen molar-refractivity contribution in [2.24, 2.45) is 4.99 Å². The van der Waals surface area contributed by atoms with Gasteiger partial charge in [-0.25, -0.2) is 4.99 Å². The minimum absolute atomic E-state index is 0.726. The fraction of sp³-hybridized carbons (Fsp3) is 0.125. The van der Waals surface area contributed by atoms with Crippen molar-refractivity contribution in [1.82, 2.24) is 4.57 Å². The number of fused-ring (bicyclic) bond motifs is 1. The van der Waals surface area contributed by atoms with Crippen LogP contribution in [0.1, 0.15) is 6.92 Å². The molecule has 0 unspecified atom stereocenters. The third kappa shape index (κ3) is 7.08. The lowest BCUT2D eigenvalue weighted by Crippen LogP contribution is -2.21. The van der Waals surface area contributed by atoms with Crippen molar-refractivity contribution in [3.8, 4) is 11.5 Å². The van der Waals surface area contributed by atoms with Crippen molar-refractivity contribution < 1.29 is 30.9 Å². The molecule has 4 aromatic rings. The summed E-state index contributed by atoms with van der Waals surface area (Å²) in [4.78, 5) is 4.81. The molecule has 6 nitrogen and oxygen atoms in total. The molecule has 0 amide bonds. The molecule has 0 radical (unpaired) electrons. The third-order valence-electron chi connectivity index (χ3n) is 4.66. The minimum Gasteiger partial charge on any atom is -0.457 e. The van der Waals surface area contributed by atoms with Gasteiger partial charge < -0.3 is 9.30 Å². The van der Waals surface area contributed by atoms with Gasteiger partial charge in [-0.05, 0) is 67.6 Å². The van der Waals surface area contributed by atoms with E-state index in [0.717, 1.165) is 45.0 Å². The van der Waals surface area contributed by atoms with E-state index >= 15 is 0 Å². The summed E-state index contributed by atoms with van der Waals surface area (Å²) in [6.45, 7) is 2.99. The first-order valence-corrected chi connectivity index (χ1v) is 12.0. The number of ether oxygens (including phenoxy) is 1. The maximum absolute atomic E-state index is 10.7. The predicted octanol–water partition coefficient (Wildman–Crippen LogP) is 6.73. The van der Waals surface area contributed by atoms with E-state index in [0.29, 0.717) is 0 Å². The third-order valence-corrected chi connectivity index (χ3v) is 5.48. The first-order valence-electron chi connectivity index (χ1n) is 10.2. The highest BCUT2D eigenvalue weighted by Gasteiger charge is 2.44. The smallest absolute Gasteiger partial charge is 0.457 e. The Balaban J connectivity index is 0.000000371. The van der Waals surface area contributed by atoms with Crippen LogP contribution in [0.5, 0.6) is 11.5 Å². The summed E-state index contributed by atoms with van der Waals surface area (Å²) in [5, 5.41) is 2.72. The molecule has 3 aromatic carbocycles. The lowest BCUT2D eigenvalue weighted by atomic mass is 10.2. The van der Waals surface area contributed by atoms with Crippen LogP contribution in [0, 0.1) is 0 Å². The lowest BCUT2D eigenvalue weighted by Gasteiger charge is -2.09. The van der Waals surface area contributed by atoms with Gasteiger partial charge >= 0.3 is 15.6 Å². The fourth-order valence-electron chi connectivity index (χ4n) is 3.02. The first kappa shape index (κ1) is 26.3. The Morgan fingerprint density at radius 2 is 1.57 bits per heavy atom. The molecule has 1 N–H and O–H groups in total. The molecule has 11 heteroatoms. The van der Waals surface area contributed by atoms with Gasteiger partial charge in [-0.2, -0.15) is 21.6 Å². The first-order chi connectivity index (χ1) is 16.5. The van der Waals surface area contributed by atoms with Gasteiger partial charge in [-0.3, -0.25) is 4.55 Å². The van der Waals surface area contributed by atoms with E-state index in [1.807, 2.05) is 85.1 Å². The number of rotatable bonds is 4. The summed E-state index contributed by atoms with van der Waals surface area (Å²) in [6.07, 6.45) is 2.05. The van der Waals surface area contributed by atoms with Crippen LogP contribution in [0.15, 0.2) is 90.1 Å². The van der Waals surface area contributed by atoms with Gasteiger partial charge in [0.15, 0.2) is 0 Å². The predicted molar refractivity (Wildman–Crippen MR) is 128 cm³/mol. The van der Waals surface area contributed by atoms with E-state index in [1.165, 1.54) is 0 Å². The molecule has 0 atom stereocenters. The van der Waals surface area contributed by atoms with Crippen LogP contribution in [0.2, 0.25) is 5.02 Å². The monoisotopic (exact) mass is 524 g/mol.